The zero-order valence-corrected chi connectivity index (χ0v) is 16.4. The normalized spacial score (nSPS) is 13.8. The van der Waals surface area contributed by atoms with Crippen LogP contribution >= 0.6 is 0 Å². The maximum absolute atomic E-state index is 12.6. The molecule has 0 aliphatic carbocycles. The molecule has 7 heteroatoms. The van der Waals surface area contributed by atoms with Gasteiger partial charge < -0.3 is 20.3 Å². The standard InChI is InChI=1S/C22H26F2N4O/c1-2-25-22(27-16-18-9-3-4-11-20(18)29-21(23)24)26-15-17-8-7-10-19(14-17)28-12-5-6-13-28/h3-11,14,21H,2,12-13,15-16H2,1H3,(H2,25,26,27). The Morgan fingerprint density at radius 3 is 2.66 bits per heavy atom. The van der Waals surface area contributed by atoms with Gasteiger partial charge >= 0.3 is 6.61 Å². The molecule has 2 aromatic carbocycles. The minimum atomic E-state index is -2.85. The lowest BCUT2D eigenvalue weighted by Gasteiger charge is -2.18. The Morgan fingerprint density at radius 1 is 1.10 bits per heavy atom. The van der Waals surface area contributed by atoms with E-state index in [1.54, 1.807) is 18.2 Å². The number of hydrogen-bond acceptors (Lipinski definition) is 3. The van der Waals surface area contributed by atoms with Gasteiger partial charge in [0.1, 0.15) is 5.75 Å². The first-order valence-corrected chi connectivity index (χ1v) is 9.69. The van der Waals surface area contributed by atoms with Crippen molar-refractivity contribution < 1.29 is 13.5 Å². The van der Waals surface area contributed by atoms with Crippen LogP contribution in [0.3, 0.4) is 0 Å². The highest BCUT2D eigenvalue weighted by molar-refractivity contribution is 5.79. The summed E-state index contributed by atoms with van der Waals surface area (Å²) in [7, 11) is 0. The van der Waals surface area contributed by atoms with E-state index in [1.165, 1.54) is 11.8 Å². The third-order valence-corrected chi connectivity index (χ3v) is 4.49. The molecule has 0 unspecified atom stereocenters. The number of para-hydroxylation sites is 1. The number of aliphatic imine (C=N–C) groups is 1. The van der Waals surface area contributed by atoms with Gasteiger partial charge in [-0.1, -0.05) is 42.5 Å². The lowest BCUT2D eigenvalue weighted by Crippen LogP contribution is -2.36. The maximum atomic E-state index is 12.6. The van der Waals surface area contributed by atoms with Crippen LogP contribution in [0.25, 0.3) is 0 Å². The summed E-state index contributed by atoms with van der Waals surface area (Å²) in [5, 5.41) is 6.37. The second kappa shape index (κ2) is 10.5. The summed E-state index contributed by atoms with van der Waals surface area (Å²) in [5.74, 6) is 0.783. The first-order valence-electron chi connectivity index (χ1n) is 9.69. The molecule has 0 spiro atoms. The molecule has 2 aromatic rings. The third-order valence-electron chi connectivity index (χ3n) is 4.49. The van der Waals surface area contributed by atoms with Gasteiger partial charge in [0.2, 0.25) is 0 Å². The van der Waals surface area contributed by atoms with E-state index in [9.17, 15) is 8.78 Å². The van der Waals surface area contributed by atoms with E-state index in [4.69, 9.17) is 0 Å². The van der Waals surface area contributed by atoms with Gasteiger partial charge in [-0.05, 0) is 30.7 Å². The summed E-state index contributed by atoms with van der Waals surface area (Å²) in [6.07, 6.45) is 4.32. The SMILES string of the molecule is CCNC(=NCc1cccc(N2CC=CC2)c1)NCc1ccccc1OC(F)F. The summed E-state index contributed by atoms with van der Waals surface area (Å²) in [5.41, 5.74) is 2.92. The summed E-state index contributed by atoms with van der Waals surface area (Å²) in [4.78, 5) is 6.92. The minimum Gasteiger partial charge on any atom is -0.434 e. The van der Waals surface area contributed by atoms with Crippen LogP contribution in [0, 0.1) is 0 Å². The van der Waals surface area contributed by atoms with Crippen LogP contribution < -0.4 is 20.3 Å². The van der Waals surface area contributed by atoms with Crippen LogP contribution in [0.2, 0.25) is 0 Å². The van der Waals surface area contributed by atoms with Crippen molar-refractivity contribution in [2.45, 2.75) is 26.6 Å². The number of anilines is 1. The highest BCUT2D eigenvalue weighted by Crippen LogP contribution is 2.20. The van der Waals surface area contributed by atoms with E-state index in [0.717, 1.165) is 18.7 Å². The molecule has 154 valence electrons. The molecule has 1 aliphatic rings. The quantitative estimate of drug-likeness (QED) is 0.401. The van der Waals surface area contributed by atoms with Gasteiger partial charge in [0.05, 0.1) is 6.54 Å². The molecule has 2 N–H and O–H groups in total. The number of ether oxygens (including phenoxy) is 1. The molecule has 0 aromatic heterocycles. The van der Waals surface area contributed by atoms with E-state index in [1.807, 2.05) is 19.1 Å². The van der Waals surface area contributed by atoms with Crippen LogP contribution in [0.15, 0.2) is 65.7 Å². The average molecular weight is 400 g/mol. The molecule has 5 nitrogen and oxygen atoms in total. The van der Waals surface area contributed by atoms with Gasteiger partial charge in [-0.3, -0.25) is 0 Å². The van der Waals surface area contributed by atoms with Crippen LogP contribution in [-0.2, 0) is 13.1 Å². The van der Waals surface area contributed by atoms with Crippen LogP contribution in [0.4, 0.5) is 14.5 Å². The molecule has 0 saturated carbocycles. The Labute approximate surface area is 170 Å². The number of nitrogens with zero attached hydrogens (tertiary/aromatic N) is 2. The Hall–Kier alpha value is -3.09. The highest BCUT2D eigenvalue weighted by Gasteiger charge is 2.10. The highest BCUT2D eigenvalue weighted by atomic mass is 19.3. The fourth-order valence-corrected chi connectivity index (χ4v) is 3.09. The van der Waals surface area contributed by atoms with E-state index < -0.39 is 6.61 Å². The van der Waals surface area contributed by atoms with Crippen LogP contribution in [0.5, 0.6) is 5.75 Å². The third kappa shape index (κ3) is 6.20. The van der Waals surface area contributed by atoms with Crippen LogP contribution in [-0.4, -0.2) is 32.2 Å². The molecular weight excluding hydrogens is 374 g/mol. The molecule has 1 aliphatic heterocycles. The van der Waals surface area contributed by atoms with E-state index in [2.05, 4.69) is 49.5 Å². The average Bonchev–Trinajstić information content (AvgIpc) is 3.26. The number of alkyl halides is 2. The van der Waals surface area contributed by atoms with E-state index in [0.29, 0.717) is 31.2 Å². The number of rotatable bonds is 8. The molecule has 0 amide bonds. The largest absolute Gasteiger partial charge is 0.434 e. The number of benzene rings is 2. The van der Waals surface area contributed by atoms with Gasteiger partial charge in [-0.2, -0.15) is 8.78 Å². The topological polar surface area (TPSA) is 48.9 Å². The van der Waals surface area contributed by atoms with Gasteiger partial charge in [-0.25, -0.2) is 4.99 Å². The molecule has 0 atom stereocenters. The second-order valence-corrected chi connectivity index (χ2v) is 6.58. The van der Waals surface area contributed by atoms with Crippen molar-refractivity contribution in [3.05, 3.63) is 71.8 Å². The monoisotopic (exact) mass is 400 g/mol. The smallest absolute Gasteiger partial charge is 0.387 e. The predicted molar refractivity (Wildman–Crippen MR) is 113 cm³/mol. The fraction of sp³-hybridized carbons (Fsp3) is 0.318. The van der Waals surface area contributed by atoms with Crippen molar-refractivity contribution in [1.29, 1.82) is 0 Å². The minimum absolute atomic E-state index is 0.165. The van der Waals surface area contributed by atoms with Crippen molar-refractivity contribution in [2.24, 2.45) is 4.99 Å². The molecular formula is C22H26F2N4O. The number of hydrogen-bond donors (Lipinski definition) is 2. The van der Waals surface area contributed by atoms with Gasteiger partial charge in [0.25, 0.3) is 0 Å². The molecule has 0 fully saturated rings. The summed E-state index contributed by atoms with van der Waals surface area (Å²) in [6, 6.07) is 15.1. The zero-order chi connectivity index (χ0) is 20.5. The molecule has 0 bridgehead atoms. The predicted octanol–water partition coefficient (Wildman–Crippen LogP) is 3.92. The van der Waals surface area contributed by atoms with Gasteiger partial charge in [0, 0.05) is 37.4 Å². The molecule has 29 heavy (non-hydrogen) atoms. The van der Waals surface area contributed by atoms with Crippen molar-refractivity contribution in [1.82, 2.24) is 10.6 Å². The summed E-state index contributed by atoms with van der Waals surface area (Å²) < 4.78 is 29.8. The van der Waals surface area contributed by atoms with Crippen molar-refractivity contribution in [3.8, 4) is 5.75 Å². The molecule has 0 radical (unpaired) electrons. The number of nitrogens with one attached hydrogen (secondary N) is 2. The zero-order valence-electron chi connectivity index (χ0n) is 16.4. The number of guanidine groups is 1. The summed E-state index contributed by atoms with van der Waals surface area (Å²) in [6.45, 7) is 2.52. The first kappa shape index (κ1) is 20.6. The lowest BCUT2D eigenvalue weighted by molar-refractivity contribution is -0.0504. The Morgan fingerprint density at radius 2 is 1.90 bits per heavy atom. The Balaban J connectivity index is 1.64. The first-order chi connectivity index (χ1) is 14.2. The van der Waals surface area contributed by atoms with E-state index >= 15 is 0 Å². The second-order valence-electron chi connectivity index (χ2n) is 6.58. The van der Waals surface area contributed by atoms with E-state index in [-0.39, 0.29) is 5.75 Å². The Kier molecular flexibility index (Phi) is 7.44. The summed E-state index contributed by atoms with van der Waals surface area (Å²) >= 11 is 0. The van der Waals surface area contributed by atoms with Gasteiger partial charge in [-0.15, -0.1) is 0 Å². The molecule has 1 heterocycles. The van der Waals surface area contributed by atoms with Crippen LogP contribution in [0.1, 0.15) is 18.1 Å². The maximum Gasteiger partial charge on any atom is 0.387 e. The van der Waals surface area contributed by atoms with Crippen molar-refractivity contribution in [2.75, 3.05) is 24.5 Å². The molecule has 0 saturated heterocycles. The molecule has 3 rings (SSSR count). The van der Waals surface area contributed by atoms with Gasteiger partial charge in [0.15, 0.2) is 5.96 Å². The lowest BCUT2D eigenvalue weighted by atomic mass is 10.2. The van der Waals surface area contributed by atoms with Crippen molar-refractivity contribution in [3.63, 3.8) is 0 Å². The fourth-order valence-electron chi connectivity index (χ4n) is 3.09. The number of halogens is 2. The Bertz CT molecular complexity index is 846. The van der Waals surface area contributed by atoms with Crippen molar-refractivity contribution >= 4 is 11.6 Å².